The first-order chi connectivity index (χ1) is 7.74. The maximum Gasteiger partial charge on any atom is 0.267 e. The van der Waals surface area contributed by atoms with Crippen molar-refractivity contribution in [2.75, 3.05) is 25.5 Å². The molecular formula is C11H17N3O2. The van der Waals surface area contributed by atoms with Crippen molar-refractivity contribution < 1.29 is 9.53 Å². The van der Waals surface area contributed by atoms with E-state index in [1.807, 2.05) is 0 Å². The van der Waals surface area contributed by atoms with Gasteiger partial charge in [0.1, 0.15) is 5.69 Å². The molecule has 5 nitrogen and oxygen atoms in total. The number of nitrogens with two attached hydrogens (primary N) is 1. The Hall–Kier alpha value is -1.75. The molecule has 0 aliphatic carbocycles. The van der Waals surface area contributed by atoms with Crippen molar-refractivity contribution >= 4 is 11.6 Å². The van der Waals surface area contributed by atoms with Gasteiger partial charge in [-0.05, 0) is 12.5 Å². The van der Waals surface area contributed by atoms with Gasteiger partial charge in [-0.2, -0.15) is 0 Å². The lowest BCUT2D eigenvalue weighted by atomic mass is 10.4. The van der Waals surface area contributed by atoms with Gasteiger partial charge in [0.05, 0.1) is 13.2 Å². The molecule has 88 valence electrons. The average molecular weight is 223 g/mol. The Bertz CT molecular complexity index is 347. The molecule has 0 bridgehead atoms. The van der Waals surface area contributed by atoms with Crippen LogP contribution in [0.5, 0.6) is 0 Å². The third-order valence-electron chi connectivity index (χ3n) is 1.95. The number of anilines is 1. The average Bonchev–Trinajstić information content (AvgIpc) is 2.70. The monoisotopic (exact) mass is 223 g/mol. The molecule has 5 heteroatoms. The van der Waals surface area contributed by atoms with Crippen molar-refractivity contribution in [3.05, 3.63) is 30.6 Å². The molecule has 0 aliphatic rings. The lowest BCUT2D eigenvalue weighted by Crippen LogP contribution is -2.27. The van der Waals surface area contributed by atoms with Crippen LogP contribution in [0.15, 0.2) is 24.9 Å². The van der Waals surface area contributed by atoms with Gasteiger partial charge in [0.15, 0.2) is 0 Å². The van der Waals surface area contributed by atoms with E-state index in [4.69, 9.17) is 10.5 Å². The number of aromatic amines is 1. The van der Waals surface area contributed by atoms with E-state index < -0.39 is 0 Å². The lowest BCUT2D eigenvalue weighted by molar-refractivity contribution is 0.0913. The first-order valence-electron chi connectivity index (χ1n) is 5.14. The second kappa shape index (κ2) is 6.68. The van der Waals surface area contributed by atoms with Crippen LogP contribution in [0.3, 0.4) is 0 Å². The highest BCUT2D eigenvalue weighted by Gasteiger charge is 2.05. The predicted molar refractivity (Wildman–Crippen MR) is 63.2 cm³/mol. The second-order valence-corrected chi connectivity index (χ2v) is 3.29. The summed E-state index contributed by atoms with van der Waals surface area (Å²) < 4.78 is 5.24. The van der Waals surface area contributed by atoms with Crippen LogP contribution in [0.25, 0.3) is 0 Å². The number of carbonyl (C=O) groups is 1. The molecule has 0 saturated carbocycles. The summed E-state index contributed by atoms with van der Waals surface area (Å²) in [4.78, 5) is 14.3. The van der Waals surface area contributed by atoms with Gasteiger partial charge in [0.25, 0.3) is 5.91 Å². The van der Waals surface area contributed by atoms with Crippen molar-refractivity contribution in [2.24, 2.45) is 0 Å². The van der Waals surface area contributed by atoms with Crippen molar-refractivity contribution in [2.45, 2.75) is 6.42 Å². The largest absolute Gasteiger partial charge is 0.397 e. The highest BCUT2D eigenvalue weighted by Crippen LogP contribution is 2.03. The van der Waals surface area contributed by atoms with E-state index >= 15 is 0 Å². The van der Waals surface area contributed by atoms with Crippen LogP contribution in [-0.2, 0) is 4.74 Å². The Morgan fingerprint density at radius 1 is 1.62 bits per heavy atom. The minimum atomic E-state index is -0.177. The molecule has 0 spiro atoms. The topological polar surface area (TPSA) is 80.1 Å². The number of rotatable bonds is 7. The van der Waals surface area contributed by atoms with Crippen LogP contribution in [-0.4, -0.2) is 30.6 Å². The van der Waals surface area contributed by atoms with Crippen LogP contribution in [0.2, 0.25) is 0 Å². The van der Waals surface area contributed by atoms with Crippen molar-refractivity contribution in [1.82, 2.24) is 10.3 Å². The molecule has 16 heavy (non-hydrogen) atoms. The predicted octanol–water partition coefficient (Wildman–Crippen LogP) is 0.919. The third-order valence-corrected chi connectivity index (χ3v) is 1.95. The highest BCUT2D eigenvalue weighted by molar-refractivity contribution is 5.93. The molecule has 4 N–H and O–H groups in total. The number of aromatic nitrogens is 1. The molecule has 1 rings (SSSR count). The number of carbonyl (C=O) groups excluding carboxylic acids is 1. The minimum Gasteiger partial charge on any atom is -0.397 e. The van der Waals surface area contributed by atoms with Gasteiger partial charge in [-0.3, -0.25) is 4.79 Å². The standard InChI is InChI=1S/C11H17N3O2/c1-2-3-5-16-6-4-13-11(15)10-7-9(12)8-14-10/h2,7-8,14H,1,3-6,12H2,(H,13,15). The van der Waals surface area contributed by atoms with Crippen molar-refractivity contribution in [3.8, 4) is 0 Å². The zero-order valence-electron chi connectivity index (χ0n) is 9.16. The fourth-order valence-electron chi connectivity index (χ4n) is 1.14. The summed E-state index contributed by atoms with van der Waals surface area (Å²) in [6, 6.07) is 1.59. The van der Waals surface area contributed by atoms with Crippen LogP contribution in [0, 0.1) is 0 Å². The number of nitrogens with one attached hydrogen (secondary N) is 2. The van der Waals surface area contributed by atoms with E-state index in [2.05, 4.69) is 16.9 Å². The fraction of sp³-hybridized carbons (Fsp3) is 0.364. The van der Waals surface area contributed by atoms with E-state index in [0.29, 0.717) is 31.1 Å². The van der Waals surface area contributed by atoms with Crippen LogP contribution in [0.4, 0.5) is 5.69 Å². The molecule has 0 aliphatic heterocycles. The minimum absolute atomic E-state index is 0.177. The Balaban J connectivity index is 2.13. The number of H-pyrrole nitrogens is 1. The molecule has 0 fully saturated rings. The van der Waals surface area contributed by atoms with E-state index in [-0.39, 0.29) is 5.91 Å². The van der Waals surface area contributed by atoms with Gasteiger partial charge in [0.2, 0.25) is 0 Å². The Morgan fingerprint density at radius 2 is 2.44 bits per heavy atom. The molecule has 0 unspecified atom stereocenters. The summed E-state index contributed by atoms with van der Waals surface area (Å²) in [5.74, 6) is -0.177. The Kier molecular flexibility index (Phi) is 5.15. The molecule has 1 aromatic heterocycles. The quantitative estimate of drug-likeness (QED) is 0.475. The molecule has 0 atom stereocenters. The molecule has 0 saturated heterocycles. The Labute approximate surface area is 94.7 Å². The molecule has 1 heterocycles. The van der Waals surface area contributed by atoms with Crippen molar-refractivity contribution in [1.29, 1.82) is 0 Å². The van der Waals surface area contributed by atoms with Crippen molar-refractivity contribution in [3.63, 3.8) is 0 Å². The van der Waals surface area contributed by atoms with Gasteiger partial charge in [-0.15, -0.1) is 6.58 Å². The van der Waals surface area contributed by atoms with Gasteiger partial charge in [-0.25, -0.2) is 0 Å². The first kappa shape index (κ1) is 12.3. The molecule has 1 amide bonds. The van der Waals surface area contributed by atoms with Crippen LogP contribution in [0.1, 0.15) is 16.9 Å². The molecule has 0 aromatic carbocycles. The number of hydrogen-bond donors (Lipinski definition) is 3. The van der Waals surface area contributed by atoms with Gasteiger partial charge >= 0.3 is 0 Å². The van der Waals surface area contributed by atoms with E-state index in [9.17, 15) is 4.79 Å². The maximum atomic E-state index is 11.5. The molecule has 0 radical (unpaired) electrons. The van der Waals surface area contributed by atoms with Crippen LogP contribution < -0.4 is 11.1 Å². The normalized spacial score (nSPS) is 10.0. The summed E-state index contributed by atoms with van der Waals surface area (Å²) in [7, 11) is 0. The summed E-state index contributed by atoms with van der Waals surface area (Å²) in [6.45, 7) is 5.19. The smallest absolute Gasteiger partial charge is 0.267 e. The Morgan fingerprint density at radius 3 is 3.06 bits per heavy atom. The summed E-state index contributed by atoms with van der Waals surface area (Å²) in [5, 5.41) is 2.71. The number of hydrogen-bond acceptors (Lipinski definition) is 3. The summed E-state index contributed by atoms with van der Waals surface area (Å²) in [6.07, 6.45) is 4.19. The fourth-order valence-corrected chi connectivity index (χ4v) is 1.14. The maximum absolute atomic E-state index is 11.5. The van der Waals surface area contributed by atoms with Gasteiger partial charge in [-0.1, -0.05) is 6.08 Å². The molecule has 1 aromatic rings. The van der Waals surface area contributed by atoms with Gasteiger partial charge in [0, 0.05) is 18.4 Å². The highest BCUT2D eigenvalue weighted by atomic mass is 16.5. The number of amides is 1. The number of nitrogen functional groups attached to an aromatic ring is 1. The SMILES string of the molecule is C=CCCOCCNC(=O)c1cc(N)c[nH]1. The number of ether oxygens (including phenoxy) is 1. The van der Waals surface area contributed by atoms with E-state index in [1.54, 1.807) is 18.3 Å². The zero-order valence-corrected chi connectivity index (χ0v) is 9.16. The first-order valence-corrected chi connectivity index (χ1v) is 5.14. The zero-order chi connectivity index (χ0) is 11.8. The van der Waals surface area contributed by atoms with Crippen LogP contribution >= 0.6 is 0 Å². The summed E-state index contributed by atoms with van der Waals surface area (Å²) >= 11 is 0. The molecular weight excluding hydrogens is 206 g/mol. The van der Waals surface area contributed by atoms with E-state index in [1.165, 1.54) is 0 Å². The lowest BCUT2D eigenvalue weighted by Gasteiger charge is -2.04. The summed E-state index contributed by atoms with van der Waals surface area (Å²) in [5.41, 5.74) is 6.49. The van der Waals surface area contributed by atoms with E-state index in [0.717, 1.165) is 6.42 Å². The second-order valence-electron chi connectivity index (χ2n) is 3.29. The third kappa shape index (κ3) is 4.18. The van der Waals surface area contributed by atoms with Gasteiger partial charge < -0.3 is 20.8 Å².